The molecule has 2 aromatic heterocycles. The van der Waals surface area contributed by atoms with Crippen molar-refractivity contribution in [3.05, 3.63) is 17.2 Å². The van der Waals surface area contributed by atoms with Gasteiger partial charge in [0.2, 0.25) is 0 Å². The zero-order chi connectivity index (χ0) is 20.3. The van der Waals surface area contributed by atoms with Crippen LogP contribution in [0, 0.1) is 5.82 Å². The van der Waals surface area contributed by atoms with Crippen LogP contribution in [0.2, 0.25) is 5.15 Å². The summed E-state index contributed by atoms with van der Waals surface area (Å²) < 4.78 is 21.0. The van der Waals surface area contributed by atoms with E-state index in [0.717, 1.165) is 51.9 Å². The van der Waals surface area contributed by atoms with Gasteiger partial charge in [0, 0.05) is 31.4 Å². The zero-order valence-electron chi connectivity index (χ0n) is 16.9. The Morgan fingerprint density at radius 2 is 1.90 bits per heavy atom. The summed E-state index contributed by atoms with van der Waals surface area (Å²) in [7, 11) is 0. The van der Waals surface area contributed by atoms with Crippen LogP contribution in [0.25, 0.3) is 10.9 Å². The van der Waals surface area contributed by atoms with Crippen molar-refractivity contribution in [3.63, 3.8) is 0 Å². The Morgan fingerprint density at radius 3 is 2.63 bits per heavy atom. The summed E-state index contributed by atoms with van der Waals surface area (Å²) in [6.45, 7) is 4.48. The number of fused-ring (bicyclic) bond motifs is 4. The maximum atomic E-state index is 14.9. The fraction of sp³-hybridized carbons (Fsp3) is 0.667. The third-order valence-corrected chi connectivity index (χ3v) is 7.66. The fourth-order valence-electron chi connectivity index (χ4n) is 5.93. The van der Waals surface area contributed by atoms with Crippen LogP contribution >= 0.6 is 11.6 Å². The largest absolute Gasteiger partial charge is 0.461 e. The van der Waals surface area contributed by atoms with E-state index in [0.29, 0.717) is 29.9 Å². The lowest BCUT2D eigenvalue weighted by atomic mass is 9.95. The molecule has 0 amide bonds. The first-order valence-corrected chi connectivity index (χ1v) is 11.4. The highest BCUT2D eigenvalue weighted by Crippen LogP contribution is 2.39. The number of piperazine rings is 1. The van der Waals surface area contributed by atoms with Gasteiger partial charge in [0.1, 0.15) is 17.9 Å². The monoisotopic (exact) mass is 432 g/mol. The summed E-state index contributed by atoms with van der Waals surface area (Å²) in [6.07, 6.45) is 8.57. The Bertz CT molecular complexity index is 968. The lowest BCUT2D eigenvalue weighted by Crippen LogP contribution is -2.51. The number of halogens is 2. The molecule has 4 fully saturated rings. The Kier molecular flexibility index (Phi) is 4.51. The number of aromatic nitrogens is 3. The van der Waals surface area contributed by atoms with Crippen molar-refractivity contribution in [2.75, 3.05) is 37.7 Å². The van der Waals surface area contributed by atoms with Crippen LogP contribution in [0.15, 0.2) is 6.20 Å². The average Bonchev–Trinajstić information content (AvgIpc) is 3.42. The van der Waals surface area contributed by atoms with Gasteiger partial charge in [-0.2, -0.15) is 9.97 Å². The van der Waals surface area contributed by atoms with Gasteiger partial charge in [0.15, 0.2) is 11.0 Å². The van der Waals surface area contributed by atoms with Gasteiger partial charge in [0.25, 0.3) is 0 Å². The molecule has 0 aliphatic carbocycles. The average molecular weight is 433 g/mol. The second-order valence-electron chi connectivity index (χ2n) is 9.21. The molecule has 0 aromatic carbocycles. The van der Waals surface area contributed by atoms with Gasteiger partial charge in [-0.05, 0) is 51.6 Å². The first kappa shape index (κ1) is 19.0. The number of anilines is 1. The Hall–Kier alpha value is -1.77. The number of hydrogen-bond donors (Lipinski definition) is 1. The standard InChI is InChI=1S/C21H26ClFN6O/c22-18-16(23)17-15(9-24-18)19(28-10-13-3-4-14(11-28)25-13)27-20(26-17)30-12-21-5-1-7-29(21)8-2-6-21/h9,13-14,25H,1-8,10-12H2/t13-,14+. The second kappa shape index (κ2) is 7.14. The van der Waals surface area contributed by atoms with Crippen molar-refractivity contribution in [1.82, 2.24) is 25.2 Å². The minimum atomic E-state index is -0.609. The van der Waals surface area contributed by atoms with E-state index in [4.69, 9.17) is 21.3 Å². The maximum absolute atomic E-state index is 14.9. The zero-order valence-corrected chi connectivity index (χ0v) is 17.7. The molecule has 0 radical (unpaired) electrons. The maximum Gasteiger partial charge on any atom is 0.319 e. The molecule has 6 rings (SSSR count). The van der Waals surface area contributed by atoms with Crippen LogP contribution in [0.4, 0.5) is 10.2 Å². The Balaban J connectivity index is 1.36. The molecule has 4 saturated heterocycles. The van der Waals surface area contributed by atoms with E-state index < -0.39 is 5.82 Å². The highest BCUT2D eigenvalue weighted by Gasteiger charge is 2.45. The molecule has 4 aliphatic rings. The number of rotatable bonds is 4. The van der Waals surface area contributed by atoms with E-state index in [2.05, 4.69) is 25.1 Å². The number of hydrogen-bond acceptors (Lipinski definition) is 7. The summed E-state index contributed by atoms with van der Waals surface area (Å²) in [5, 5.41) is 4.05. The Morgan fingerprint density at radius 1 is 1.17 bits per heavy atom. The van der Waals surface area contributed by atoms with Crippen LogP contribution in [-0.2, 0) is 0 Å². The van der Waals surface area contributed by atoms with Crippen molar-refractivity contribution in [2.24, 2.45) is 0 Å². The van der Waals surface area contributed by atoms with Crippen molar-refractivity contribution in [1.29, 1.82) is 0 Å². The van der Waals surface area contributed by atoms with Crippen LogP contribution in [0.1, 0.15) is 38.5 Å². The molecule has 2 bridgehead atoms. The van der Waals surface area contributed by atoms with Crippen molar-refractivity contribution >= 4 is 28.3 Å². The van der Waals surface area contributed by atoms with Crippen LogP contribution < -0.4 is 15.0 Å². The molecule has 7 nitrogen and oxygen atoms in total. The quantitative estimate of drug-likeness (QED) is 0.745. The summed E-state index contributed by atoms with van der Waals surface area (Å²) in [4.78, 5) is 18.0. The van der Waals surface area contributed by atoms with Gasteiger partial charge < -0.3 is 15.0 Å². The van der Waals surface area contributed by atoms with Gasteiger partial charge in [-0.3, -0.25) is 4.90 Å². The highest BCUT2D eigenvalue weighted by atomic mass is 35.5. The molecule has 0 saturated carbocycles. The van der Waals surface area contributed by atoms with Gasteiger partial charge in [-0.25, -0.2) is 9.37 Å². The lowest BCUT2D eigenvalue weighted by molar-refractivity contribution is 0.108. The van der Waals surface area contributed by atoms with E-state index in [1.54, 1.807) is 6.20 Å². The summed E-state index contributed by atoms with van der Waals surface area (Å²) in [5.41, 5.74) is 0.272. The molecule has 160 valence electrons. The fourth-order valence-corrected chi connectivity index (χ4v) is 6.07. The van der Waals surface area contributed by atoms with Gasteiger partial charge in [-0.15, -0.1) is 0 Å². The summed E-state index contributed by atoms with van der Waals surface area (Å²) in [6, 6.07) is 1.11. The summed E-state index contributed by atoms with van der Waals surface area (Å²) >= 11 is 5.97. The van der Waals surface area contributed by atoms with Crippen LogP contribution in [-0.4, -0.2) is 70.3 Å². The molecule has 2 aromatic rings. The molecular formula is C21H26ClFN6O. The van der Waals surface area contributed by atoms with Gasteiger partial charge >= 0.3 is 6.01 Å². The smallest absolute Gasteiger partial charge is 0.319 e. The predicted octanol–water partition coefficient (Wildman–Crippen LogP) is 2.77. The SMILES string of the molecule is Fc1c(Cl)ncc2c(N3C[C@H]4CC[C@@H](C3)N4)nc(OCC34CCCN3CCC4)nc12. The summed E-state index contributed by atoms with van der Waals surface area (Å²) in [5.74, 6) is 0.0889. The van der Waals surface area contributed by atoms with Gasteiger partial charge in [-0.1, -0.05) is 11.6 Å². The minimum absolute atomic E-state index is 0.0844. The topological polar surface area (TPSA) is 66.4 Å². The normalized spacial score (nSPS) is 27.7. The van der Waals surface area contributed by atoms with E-state index >= 15 is 0 Å². The number of ether oxygens (including phenoxy) is 1. The lowest BCUT2D eigenvalue weighted by Gasteiger charge is -2.34. The minimum Gasteiger partial charge on any atom is -0.461 e. The number of nitrogens with zero attached hydrogens (tertiary/aromatic N) is 5. The van der Waals surface area contributed by atoms with Crippen molar-refractivity contribution in [3.8, 4) is 6.01 Å². The van der Waals surface area contributed by atoms with E-state index in [1.807, 2.05) is 0 Å². The molecule has 2 atom stereocenters. The van der Waals surface area contributed by atoms with Gasteiger partial charge in [0.05, 0.1) is 10.9 Å². The third kappa shape index (κ3) is 3.03. The molecule has 4 aliphatic heterocycles. The number of nitrogens with one attached hydrogen (secondary N) is 1. The molecule has 1 N–H and O–H groups in total. The first-order valence-electron chi connectivity index (χ1n) is 11.0. The highest BCUT2D eigenvalue weighted by molar-refractivity contribution is 6.30. The second-order valence-corrected chi connectivity index (χ2v) is 9.56. The number of pyridine rings is 1. The van der Waals surface area contributed by atoms with Crippen LogP contribution in [0.5, 0.6) is 6.01 Å². The molecule has 0 spiro atoms. The molecule has 0 unspecified atom stereocenters. The molecule has 9 heteroatoms. The Labute approximate surface area is 180 Å². The molecule has 6 heterocycles. The molecular weight excluding hydrogens is 407 g/mol. The van der Waals surface area contributed by atoms with Crippen molar-refractivity contribution < 1.29 is 9.13 Å². The third-order valence-electron chi connectivity index (χ3n) is 7.40. The van der Waals surface area contributed by atoms with E-state index in [1.165, 1.54) is 12.8 Å². The van der Waals surface area contributed by atoms with E-state index in [-0.39, 0.29) is 22.2 Å². The van der Waals surface area contributed by atoms with Crippen LogP contribution in [0.3, 0.4) is 0 Å². The predicted molar refractivity (Wildman–Crippen MR) is 113 cm³/mol. The molecule has 30 heavy (non-hydrogen) atoms. The van der Waals surface area contributed by atoms with Crippen molar-refractivity contribution in [2.45, 2.75) is 56.1 Å². The van der Waals surface area contributed by atoms with E-state index in [9.17, 15) is 4.39 Å². The first-order chi connectivity index (χ1) is 14.6.